The summed E-state index contributed by atoms with van der Waals surface area (Å²) in [5.74, 6) is 0. The number of rotatable bonds is 7. The van der Waals surface area contributed by atoms with Gasteiger partial charge >= 0.3 is 0 Å². The topological polar surface area (TPSA) is 86.9 Å². The van der Waals surface area contributed by atoms with Crippen molar-refractivity contribution in [3.8, 4) is 0 Å². The summed E-state index contributed by atoms with van der Waals surface area (Å²) >= 11 is 0. The Morgan fingerprint density at radius 1 is 1.33 bits per heavy atom. The first kappa shape index (κ1) is 15.7. The molecule has 21 heavy (non-hydrogen) atoms. The van der Waals surface area contributed by atoms with Gasteiger partial charge in [0.25, 0.3) is 0 Å². The van der Waals surface area contributed by atoms with Crippen molar-refractivity contribution < 1.29 is 8.42 Å². The first-order valence-corrected chi connectivity index (χ1v) is 8.29. The van der Waals surface area contributed by atoms with Crippen molar-refractivity contribution in [3.63, 3.8) is 0 Å². The Bertz CT molecular complexity index is 695. The third-order valence-corrected chi connectivity index (χ3v) is 4.52. The van der Waals surface area contributed by atoms with Gasteiger partial charge in [-0.15, -0.1) is 0 Å². The summed E-state index contributed by atoms with van der Waals surface area (Å²) in [5, 5.41) is 3.14. The second-order valence-electron chi connectivity index (χ2n) is 4.73. The summed E-state index contributed by atoms with van der Waals surface area (Å²) in [7, 11) is -3.53. The van der Waals surface area contributed by atoms with Gasteiger partial charge in [0, 0.05) is 24.6 Å². The van der Waals surface area contributed by atoms with Gasteiger partial charge in [0.15, 0.2) is 0 Å². The van der Waals surface area contributed by atoms with E-state index < -0.39 is 10.0 Å². The maximum absolute atomic E-state index is 12.2. The van der Waals surface area contributed by atoms with Crippen molar-refractivity contribution in [2.24, 2.45) is 0 Å². The van der Waals surface area contributed by atoms with E-state index in [1.165, 1.54) is 6.20 Å². The molecule has 0 aromatic carbocycles. The number of aromatic nitrogens is 2. The van der Waals surface area contributed by atoms with Crippen LogP contribution in [0.3, 0.4) is 0 Å². The molecule has 0 saturated heterocycles. The van der Waals surface area contributed by atoms with Crippen LogP contribution in [0.2, 0.25) is 0 Å². The van der Waals surface area contributed by atoms with Crippen LogP contribution in [0.15, 0.2) is 35.5 Å². The lowest BCUT2D eigenvalue weighted by molar-refractivity contribution is 0.580. The van der Waals surface area contributed by atoms with E-state index in [4.69, 9.17) is 0 Å². The van der Waals surface area contributed by atoms with E-state index in [1.54, 1.807) is 12.3 Å². The number of hydrogen-bond donors (Lipinski definition) is 3. The maximum Gasteiger partial charge on any atom is 0.242 e. The van der Waals surface area contributed by atoms with Gasteiger partial charge in [0.2, 0.25) is 10.0 Å². The SMILES string of the molecule is CCNCc1cc(S(=O)(=O)NCc2ncccc2C)c[nH]1. The summed E-state index contributed by atoms with van der Waals surface area (Å²) in [5.41, 5.74) is 2.53. The molecule has 0 spiro atoms. The number of aryl methyl sites for hydroxylation is 1. The van der Waals surface area contributed by atoms with Crippen LogP contribution in [0.25, 0.3) is 0 Å². The molecule has 0 atom stereocenters. The molecule has 6 nitrogen and oxygen atoms in total. The van der Waals surface area contributed by atoms with Crippen LogP contribution in [0.4, 0.5) is 0 Å². The third kappa shape index (κ3) is 4.13. The highest BCUT2D eigenvalue weighted by Crippen LogP contribution is 2.12. The smallest absolute Gasteiger partial charge is 0.242 e. The molecule has 114 valence electrons. The Kier molecular flexibility index (Phi) is 5.11. The van der Waals surface area contributed by atoms with E-state index in [0.29, 0.717) is 6.54 Å². The molecule has 0 fully saturated rings. The molecule has 0 aliphatic heterocycles. The van der Waals surface area contributed by atoms with Crippen molar-refractivity contribution in [3.05, 3.63) is 47.5 Å². The fraction of sp³-hybridized carbons (Fsp3) is 0.357. The molecule has 0 bridgehead atoms. The van der Waals surface area contributed by atoms with E-state index in [2.05, 4.69) is 20.0 Å². The van der Waals surface area contributed by atoms with Gasteiger partial charge in [0.05, 0.1) is 17.1 Å². The highest BCUT2D eigenvalue weighted by atomic mass is 32.2. The number of nitrogens with zero attached hydrogens (tertiary/aromatic N) is 1. The molecular weight excluding hydrogens is 288 g/mol. The molecule has 0 unspecified atom stereocenters. The molecule has 7 heteroatoms. The molecule has 0 aliphatic rings. The fourth-order valence-electron chi connectivity index (χ4n) is 1.89. The van der Waals surface area contributed by atoms with Crippen molar-refractivity contribution in [1.29, 1.82) is 0 Å². The quantitative estimate of drug-likeness (QED) is 0.719. The van der Waals surface area contributed by atoms with E-state index in [0.717, 1.165) is 23.5 Å². The second kappa shape index (κ2) is 6.84. The lowest BCUT2D eigenvalue weighted by Crippen LogP contribution is -2.23. The Hall–Kier alpha value is -1.70. The average molecular weight is 308 g/mol. The van der Waals surface area contributed by atoms with Crippen LogP contribution in [0, 0.1) is 6.92 Å². The van der Waals surface area contributed by atoms with Gasteiger partial charge in [0.1, 0.15) is 0 Å². The molecule has 0 aliphatic carbocycles. The van der Waals surface area contributed by atoms with Crippen LogP contribution in [-0.4, -0.2) is 24.9 Å². The largest absolute Gasteiger partial charge is 0.363 e. The first-order chi connectivity index (χ1) is 10.0. The predicted octanol–water partition coefficient (Wildman–Crippen LogP) is 1.31. The lowest BCUT2D eigenvalue weighted by atomic mass is 10.2. The number of pyridine rings is 1. The molecule has 2 aromatic rings. The Labute approximate surface area is 125 Å². The Morgan fingerprint density at radius 2 is 2.14 bits per heavy atom. The van der Waals surface area contributed by atoms with Gasteiger partial charge in [-0.2, -0.15) is 0 Å². The van der Waals surface area contributed by atoms with Gasteiger partial charge in [-0.3, -0.25) is 4.98 Å². The first-order valence-electron chi connectivity index (χ1n) is 6.81. The average Bonchev–Trinajstić information content (AvgIpc) is 2.94. The minimum atomic E-state index is -3.53. The monoisotopic (exact) mass is 308 g/mol. The van der Waals surface area contributed by atoms with E-state index >= 15 is 0 Å². The number of sulfonamides is 1. The van der Waals surface area contributed by atoms with Crippen LogP contribution in [-0.2, 0) is 23.1 Å². The molecule has 0 amide bonds. The molecule has 2 heterocycles. The standard InChI is InChI=1S/C14H20N4O2S/c1-3-15-8-12-7-13(9-17-12)21(19,20)18-10-14-11(2)5-4-6-16-14/h4-7,9,15,17-18H,3,8,10H2,1-2H3. The maximum atomic E-state index is 12.2. The van der Waals surface area contributed by atoms with Crippen molar-refractivity contribution in [1.82, 2.24) is 20.0 Å². The van der Waals surface area contributed by atoms with Crippen molar-refractivity contribution >= 4 is 10.0 Å². The highest BCUT2D eigenvalue weighted by molar-refractivity contribution is 7.89. The lowest BCUT2D eigenvalue weighted by Gasteiger charge is -2.06. The van der Waals surface area contributed by atoms with Crippen LogP contribution < -0.4 is 10.0 Å². The van der Waals surface area contributed by atoms with E-state index in [9.17, 15) is 8.42 Å². The minimum Gasteiger partial charge on any atom is -0.363 e. The summed E-state index contributed by atoms with van der Waals surface area (Å²) < 4.78 is 27.0. The zero-order chi connectivity index (χ0) is 15.3. The van der Waals surface area contributed by atoms with Crippen LogP contribution in [0.1, 0.15) is 23.9 Å². The van der Waals surface area contributed by atoms with E-state index in [-0.39, 0.29) is 11.4 Å². The van der Waals surface area contributed by atoms with Crippen LogP contribution in [0.5, 0.6) is 0 Å². The summed E-state index contributed by atoms with van der Waals surface area (Å²) in [4.78, 5) is 7.37. The zero-order valence-corrected chi connectivity index (χ0v) is 13.0. The summed E-state index contributed by atoms with van der Waals surface area (Å²) in [6.07, 6.45) is 3.15. The minimum absolute atomic E-state index is 0.183. The molecule has 2 aromatic heterocycles. The second-order valence-corrected chi connectivity index (χ2v) is 6.50. The Morgan fingerprint density at radius 3 is 2.86 bits per heavy atom. The van der Waals surface area contributed by atoms with Crippen LogP contribution >= 0.6 is 0 Å². The van der Waals surface area contributed by atoms with E-state index in [1.807, 2.05) is 26.0 Å². The molecule has 0 radical (unpaired) electrons. The normalized spacial score (nSPS) is 11.7. The number of nitrogens with one attached hydrogen (secondary N) is 3. The van der Waals surface area contributed by atoms with Gasteiger partial charge in [-0.05, 0) is 31.2 Å². The summed E-state index contributed by atoms with van der Waals surface area (Å²) in [6, 6.07) is 5.37. The number of aromatic amines is 1. The highest BCUT2D eigenvalue weighted by Gasteiger charge is 2.16. The predicted molar refractivity (Wildman–Crippen MR) is 81.2 cm³/mol. The third-order valence-electron chi connectivity index (χ3n) is 3.14. The number of H-pyrrole nitrogens is 1. The molecule has 0 saturated carbocycles. The van der Waals surface area contributed by atoms with Gasteiger partial charge in [-0.25, -0.2) is 13.1 Å². The van der Waals surface area contributed by atoms with Crippen molar-refractivity contribution in [2.75, 3.05) is 6.54 Å². The van der Waals surface area contributed by atoms with Gasteiger partial charge in [-0.1, -0.05) is 13.0 Å². The molecular formula is C14H20N4O2S. The zero-order valence-electron chi connectivity index (χ0n) is 12.2. The molecule has 3 N–H and O–H groups in total. The van der Waals surface area contributed by atoms with Gasteiger partial charge < -0.3 is 10.3 Å². The Balaban J connectivity index is 2.05. The van der Waals surface area contributed by atoms with Crippen molar-refractivity contribution in [2.45, 2.75) is 31.8 Å². The summed E-state index contributed by atoms with van der Waals surface area (Å²) in [6.45, 7) is 5.53. The number of hydrogen-bond acceptors (Lipinski definition) is 4. The fourth-order valence-corrected chi connectivity index (χ4v) is 2.89. The molecule has 2 rings (SSSR count).